The maximum atomic E-state index is 14.8. The summed E-state index contributed by atoms with van der Waals surface area (Å²) < 4.78 is 43.4. The zero-order chi connectivity index (χ0) is 27.6. The van der Waals surface area contributed by atoms with Gasteiger partial charge in [0.1, 0.15) is 17.5 Å². The molecule has 0 spiro atoms. The summed E-state index contributed by atoms with van der Waals surface area (Å²) in [7, 11) is 0. The van der Waals surface area contributed by atoms with Crippen molar-refractivity contribution in [3.8, 4) is 11.1 Å². The van der Waals surface area contributed by atoms with Crippen LogP contribution in [0.25, 0.3) is 11.1 Å². The Bertz CT molecular complexity index is 1160. The van der Waals surface area contributed by atoms with Gasteiger partial charge in [-0.2, -0.15) is 0 Å². The van der Waals surface area contributed by atoms with Crippen molar-refractivity contribution < 1.29 is 13.2 Å². The topological polar surface area (TPSA) is 0 Å². The highest BCUT2D eigenvalue weighted by Gasteiger charge is 2.22. The van der Waals surface area contributed by atoms with Crippen molar-refractivity contribution in [3.63, 3.8) is 0 Å². The van der Waals surface area contributed by atoms with E-state index in [1.54, 1.807) is 0 Å². The molecule has 4 heteroatoms. The smallest absolute Gasteiger partial charge is 0.142 e. The van der Waals surface area contributed by atoms with Gasteiger partial charge in [-0.05, 0) is 96.9 Å². The van der Waals surface area contributed by atoms with Gasteiger partial charge in [0, 0.05) is 0 Å². The summed E-state index contributed by atoms with van der Waals surface area (Å²) >= 11 is 5.71. The average molecular weight is 555 g/mol. The Hall–Kier alpha value is -2.26. The molecule has 0 heterocycles. The number of rotatable bonds is 13. The maximum absolute atomic E-state index is 14.8. The van der Waals surface area contributed by atoms with Crippen LogP contribution in [0.1, 0.15) is 94.2 Å². The van der Waals surface area contributed by atoms with Crippen molar-refractivity contribution in [2.45, 2.75) is 96.8 Å². The van der Waals surface area contributed by atoms with Gasteiger partial charge >= 0.3 is 0 Å². The van der Waals surface area contributed by atoms with Gasteiger partial charge in [0.25, 0.3) is 0 Å². The van der Waals surface area contributed by atoms with Crippen LogP contribution >= 0.6 is 11.6 Å². The van der Waals surface area contributed by atoms with Gasteiger partial charge in [-0.1, -0.05) is 100 Å². The van der Waals surface area contributed by atoms with Crippen molar-refractivity contribution in [2.24, 2.45) is 11.8 Å². The number of hydrogen-bond donors (Lipinski definition) is 0. The summed E-state index contributed by atoms with van der Waals surface area (Å²) in [5, 5.41) is -0.0663. The second kappa shape index (κ2) is 14.9. The standard InChI is InChI=1S/C35H42ClF3/c1-2-3-4-5-6-7-25-8-10-26(11-9-25)12-13-27-14-16-28(17-15-27)18-19-29-22-33(38)35(34(39)23-29)30-20-21-31(36)32(37)24-30/h8-11,20-24,27-28H,2-7,12-19H2,1H3. The molecule has 0 atom stereocenters. The van der Waals surface area contributed by atoms with E-state index in [1.165, 1.54) is 106 Å². The molecule has 0 radical (unpaired) electrons. The van der Waals surface area contributed by atoms with Crippen molar-refractivity contribution in [3.05, 3.63) is 93.8 Å². The number of aryl methyl sites for hydroxylation is 3. The minimum atomic E-state index is -0.686. The zero-order valence-electron chi connectivity index (χ0n) is 23.3. The molecule has 4 rings (SSSR count). The molecule has 0 nitrogen and oxygen atoms in total. The molecule has 0 unspecified atom stereocenters. The van der Waals surface area contributed by atoms with E-state index in [9.17, 15) is 13.2 Å². The van der Waals surface area contributed by atoms with Crippen LogP contribution in [-0.4, -0.2) is 0 Å². The van der Waals surface area contributed by atoms with Crippen LogP contribution in [0.5, 0.6) is 0 Å². The fraction of sp³-hybridized carbons (Fsp3) is 0.486. The van der Waals surface area contributed by atoms with Crippen molar-refractivity contribution >= 4 is 11.6 Å². The molecule has 0 N–H and O–H groups in total. The number of halogens is 4. The summed E-state index contributed by atoms with van der Waals surface area (Å²) in [6, 6.07) is 15.9. The van der Waals surface area contributed by atoms with E-state index < -0.39 is 17.5 Å². The molecule has 0 amide bonds. The van der Waals surface area contributed by atoms with Crippen LogP contribution < -0.4 is 0 Å². The molecule has 1 aliphatic rings. The third-order valence-electron chi connectivity index (χ3n) is 8.55. The van der Waals surface area contributed by atoms with Crippen LogP contribution in [0.4, 0.5) is 13.2 Å². The highest BCUT2D eigenvalue weighted by molar-refractivity contribution is 6.30. The fourth-order valence-electron chi connectivity index (χ4n) is 6.05. The fourth-order valence-corrected chi connectivity index (χ4v) is 6.17. The first kappa shape index (κ1) is 29.7. The third-order valence-corrected chi connectivity index (χ3v) is 8.86. The largest absolute Gasteiger partial charge is 0.206 e. The number of hydrogen-bond acceptors (Lipinski definition) is 0. The highest BCUT2D eigenvalue weighted by Crippen LogP contribution is 2.35. The second-order valence-corrected chi connectivity index (χ2v) is 11.9. The second-order valence-electron chi connectivity index (χ2n) is 11.5. The lowest BCUT2D eigenvalue weighted by Crippen LogP contribution is -2.16. The summed E-state index contributed by atoms with van der Waals surface area (Å²) in [6.07, 6.45) is 16.7. The first-order valence-corrected chi connectivity index (χ1v) is 15.3. The quantitative estimate of drug-likeness (QED) is 0.184. The Labute approximate surface area is 238 Å². The number of benzene rings is 3. The van der Waals surface area contributed by atoms with E-state index in [-0.39, 0.29) is 16.1 Å². The Morgan fingerprint density at radius 3 is 1.72 bits per heavy atom. The molecule has 39 heavy (non-hydrogen) atoms. The van der Waals surface area contributed by atoms with Crippen molar-refractivity contribution in [1.29, 1.82) is 0 Å². The number of unbranched alkanes of at least 4 members (excludes halogenated alkanes) is 4. The first-order chi connectivity index (χ1) is 18.9. The van der Waals surface area contributed by atoms with E-state index in [1.807, 2.05) is 0 Å². The minimum absolute atomic E-state index is 0.0663. The lowest BCUT2D eigenvalue weighted by molar-refractivity contribution is 0.253. The van der Waals surface area contributed by atoms with Crippen LogP contribution in [0.3, 0.4) is 0 Å². The summed E-state index contributed by atoms with van der Waals surface area (Å²) in [4.78, 5) is 0. The van der Waals surface area contributed by atoms with Gasteiger partial charge in [0.05, 0.1) is 10.6 Å². The third kappa shape index (κ3) is 8.87. The highest BCUT2D eigenvalue weighted by atomic mass is 35.5. The van der Waals surface area contributed by atoms with E-state index >= 15 is 0 Å². The Balaban J connectivity index is 1.18. The van der Waals surface area contributed by atoms with Gasteiger partial charge in [0.2, 0.25) is 0 Å². The molecule has 210 valence electrons. The monoisotopic (exact) mass is 554 g/mol. The van der Waals surface area contributed by atoms with E-state index in [0.717, 1.165) is 24.8 Å². The molecule has 0 saturated heterocycles. The average Bonchev–Trinajstić information content (AvgIpc) is 2.93. The lowest BCUT2D eigenvalue weighted by atomic mass is 9.77. The van der Waals surface area contributed by atoms with Gasteiger partial charge in [0.15, 0.2) is 0 Å². The predicted octanol–water partition coefficient (Wildman–Crippen LogP) is 11.3. The SMILES string of the molecule is CCCCCCCc1ccc(CCC2CCC(CCc3cc(F)c(-c4ccc(Cl)c(F)c4)c(F)c3)CC2)cc1. The molecule has 0 bridgehead atoms. The van der Waals surface area contributed by atoms with E-state index in [0.29, 0.717) is 17.9 Å². The van der Waals surface area contributed by atoms with E-state index in [4.69, 9.17) is 11.6 Å². The maximum Gasteiger partial charge on any atom is 0.142 e. The summed E-state index contributed by atoms with van der Waals surface area (Å²) in [5.74, 6) is -0.623. The van der Waals surface area contributed by atoms with Gasteiger partial charge in [-0.3, -0.25) is 0 Å². The summed E-state index contributed by atoms with van der Waals surface area (Å²) in [5.41, 5.74) is 3.52. The van der Waals surface area contributed by atoms with Crippen molar-refractivity contribution in [2.75, 3.05) is 0 Å². The molecule has 1 saturated carbocycles. The Morgan fingerprint density at radius 2 is 1.15 bits per heavy atom. The molecule has 3 aromatic carbocycles. The lowest BCUT2D eigenvalue weighted by Gasteiger charge is -2.28. The molecule has 0 aliphatic heterocycles. The van der Waals surface area contributed by atoms with Gasteiger partial charge < -0.3 is 0 Å². The minimum Gasteiger partial charge on any atom is -0.206 e. The van der Waals surface area contributed by atoms with Gasteiger partial charge in [-0.15, -0.1) is 0 Å². The molecular formula is C35H42ClF3. The zero-order valence-corrected chi connectivity index (χ0v) is 24.0. The van der Waals surface area contributed by atoms with Gasteiger partial charge in [-0.25, -0.2) is 13.2 Å². The first-order valence-electron chi connectivity index (χ1n) is 14.9. The molecule has 3 aromatic rings. The van der Waals surface area contributed by atoms with Crippen LogP contribution in [0.2, 0.25) is 5.02 Å². The normalized spacial score (nSPS) is 17.5. The Kier molecular flexibility index (Phi) is 11.4. The van der Waals surface area contributed by atoms with Crippen LogP contribution in [0.15, 0.2) is 54.6 Å². The molecule has 0 aromatic heterocycles. The molecule has 1 aliphatic carbocycles. The van der Waals surface area contributed by atoms with Crippen LogP contribution in [0, 0.1) is 29.3 Å². The Morgan fingerprint density at radius 1 is 0.615 bits per heavy atom. The van der Waals surface area contributed by atoms with Crippen molar-refractivity contribution in [1.82, 2.24) is 0 Å². The van der Waals surface area contributed by atoms with Crippen LogP contribution in [-0.2, 0) is 19.3 Å². The van der Waals surface area contributed by atoms with E-state index in [2.05, 4.69) is 31.2 Å². The summed E-state index contributed by atoms with van der Waals surface area (Å²) in [6.45, 7) is 2.26. The molecular weight excluding hydrogens is 513 g/mol. The predicted molar refractivity (Wildman–Crippen MR) is 158 cm³/mol. The molecule has 1 fully saturated rings.